The SMILES string of the molecule is CC(C)N(C)CC1CCN(C(=O)C2CCNCC2)CC1. The molecule has 2 heterocycles. The summed E-state index contributed by atoms with van der Waals surface area (Å²) in [6, 6.07) is 0.615. The monoisotopic (exact) mass is 281 g/mol. The Morgan fingerprint density at radius 2 is 1.80 bits per heavy atom. The first-order chi connectivity index (χ1) is 9.58. The zero-order valence-corrected chi connectivity index (χ0v) is 13.4. The van der Waals surface area contributed by atoms with Gasteiger partial charge in [-0.15, -0.1) is 0 Å². The van der Waals surface area contributed by atoms with Gasteiger partial charge in [0.05, 0.1) is 0 Å². The first-order valence-corrected chi connectivity index (χ1v) is 8.27. The van der Waals surface area contributed by atoms with Gasteiger partial charge in [-0.05, 0) is 65.6 Å². The molecule has 2 aliphatic rings. The lowest BCUT2D eigenvalue weighted by molar-refractivity contribution is -0.137. The van der Waals surface area contributed by atoms with Gasteiger partial charge < -0.3 is 15.1 Å². The number of rotatable bonds is 4. The zero-order chi connectivity index (χ0) is 14.5. The molecule has 1 amide bonds. The first-order valence-electron chi connectivity index (χ1n) is 8.27. The smallest absolute Gasteiger partial charge is 0.225 e. The zero-order valence-electron chi connectivity index (χ0n) is 13.4. The fourth-order valence-electron chi connectivity index (χ4n) is 3.28. The van der Waals surface area contributed by atoms with Gasteiger partial charge in [0.15, 0.2) is 0 Å². The van der Waals surface area contributed by atoms with Crippen molar-refractivity contribution in [2.24, 2.45) is 11.8 Å². The second kappa shape index (κ2) is 7.41. The molecule has 0 bridgehead atoms. The average molecular weight is 281 g/mol. The number of carbonyl (C=O) groups excluding carboxylic acids is 1. The van der Waals surface area contributed by atoms with Crippen molar-refractivity contribution in [1.82, 2.24) is 15.1 Å². The van der Waals surface area contributed by atoms with Gasteiger partial charge in [-0.3, -0.25) is 4.79 Å². The molecule has 2 fully saturated rings. The van der Waals surface area contributed by atoms with Gasteiger partial charge in [-0.2, -0.15) is 0 Å². The molecular weight excluding hydrogens is 250 g/mol. The Bertz CT molecular complexity index is 305. The number of hydrogen-bond acceptors (Lipinski definition) is 3. The number of piperidine rings is 2. The number of nitrogens with zero attached hydrogens (tertiary/aromatic N) is 2. The van der Waals surface area contributed by atoms with Gasteiger partial charge in [-0.1, -0.05) is 0 Å². The van der Waals surface area contributed by atoms with E-state index in [4.69, 9.17) is 0 Å². The van der Waals surface area contributed by atoms with E-state index >= 15 is 0 Å². The van der Waals surface area contributed by atoms with Crippen molar-refractivity contribution in [3.63, 3.8) is 0 Å². The van der Waals surface area contributed by atoms with Gasteiger partial charge >= 0.3 is 0 Å². The number of likely N-dealkylation sites (tertiary alicyclic amines) is 1. The van der Waals surface area contributed by atoms with E-state index in [1.807, 2.05) is 0 Å². The van der Waals surface area contributed by atoms with Crippen molar-refractivity contribution >= 4 is 5.91 Å². The lowest BCUT2D eigenvalue weighted by atomic mass is 9.92. The average Bonchev–Trinajstić information content (AvgIpc) is 2.48. The lowest BCUT2D eigenvalue weighted by Crippen LogP contribution is -2.46. The van der Waals surface area contributed by atoms with E-state index < -0.39 is 0 Å². The maximum Gasteiger partial charge on any atom is 0.225 e. The van der Waals surface area contributed by atoms with Crippen LogP contribution in [0.5, 0.6) is 0 Å². The third-order valence-corrected chi connectivity index (χ3v) is 5.04. The predicted octanol–water partition coefficient (Wildman–Crippen LogP) is 1.56. The Morgan fingerprint density at radius 1 is 1.20 bits per heavy atom. The molecule has 2 saturated heterocycles. The quantitative estimate of drug-likeness (QED) is 0.849. The number of amides is 1. The van der Waals surface area contributed by atoms with E-state index in [0.29, 0.717) is 11.9 Å². The molecule has 0 saturated carbocycles. The molecular formula is C16H31N3O. The van der Waals surface area contributed by atoms with Crippen molar-refractivity contribution in [1.29, 1.82) is 0 Å². The molecule has 0 aromatic heterocycles. The van der Waals surface area contributed by atoms with Gasteiger partial charge in [0.1, 0.15) is 0 Å². The topological polar surface area (TPSA) is 35.6 Å². The Morgan fingerprint density at radius 3 is 2.35 bits per heavy atom. The largest absolute Gasteiger partial charge is 0.342 e. The van der Waals surface area contributed by atoms with Crippen LogP contribution in [0.25, 0.3) is 0 Å². The molecule has 0 aliphatic carbocycles. The van der Waals surface area contributed by atoms with Gasteiger partial charge in [0, 0.05) is 31.6 Å². The Hall–Kier alpha value is -0.610. The summed E-state index contributed by atoms with van der Waals surface area (Å²) in [5.41, 5.74) is 0. The third-order valence-electron chi connectivity index (χ3n) is 5.04. The summed E-state index contributed by atoms with van der Waals surface area (Å²) >= 11 is 0. The van der Waals surface area contributed by atoms with Crippen LogP contribution in [0.1, 0.15) is 39.5 Å². The summed E-state index contributed by atoms with van der Waals surface area (Å²) in [5, 5.41) is 3.34. The van der Waals surface area contributed by atoms with Crippen LogP contribution in [0, 0.1) is 11.8 Å². The van der Waals surface area contributed by atoms with Gasteiger partial charge in [0.25, 0.3) is 0 Å². The Balaban J connectivity index is 1.74. The fraction of sp³-hybridized carbons (Fsp3) is 0.938. The van der Waals surface area contributed by atoms with Crippen LogP contribution in [-0.4, -0.2) is 61.5 Å². The molecule has 0 unspecified atom stereocenters. The number of nitrogens with one attached hydrogen (secondary N) is 1. The molecule has 4 nitrogen and oxygen atoms in total. The van der Waals surface area contributed by atoms with Crippen LogP contribution in [0.2, 0.25) is 0 Å². The summed E-state index contributed by atoms with van der Waals surface area (Å²) < 4.78 is 0. The highest BCUT2D eigenvalue weighted by Gasteiger charge is 2.29. The molecule has 0 spiro atoms. The first kappa shape index (κ1) is 15.8. The number of hydrogen-bond donors (Lipinski definition) is 1. The number of carbonyl (C=O) groups is 1. The van der Waals surface area contributed by atoms with Gasteiger partial charge in [0.2, 0.25) is 5.91 Å². The van der Waals surface area contributed by atoms with E-state index in [2.05, 4.69) is 36.0 Å². The van der Waals surface area contributed by atoms with E-state index in [1.54, 1.807) is 0 Å². The summed E-state index contributed by atoms with van der Waals surface area (Å²) in [7, 11) is 2.21. The second-order valence-electron chi connectivity index (χ2n) is 6.83. The Kier molecular flexibility index (Phi) is 5.85. The van der Waals surface area contributed by atoms with Crippen molar-refractivity contribution in [2.75, 3.05) is 39.8 Å². The molecule has 0 radical (unpaired) electrons. The lowest BCUT2D eigenvalue weighted by Gasteiger charge is -2.37. The minimum atomic E-state index is 0.283. The standard InChI is InChI=1S/C16H31N3O/c1-13(2)18(3)12-14-6-10-19(11-7-14)16(20)15-4-8-17-9-5-15/h13-15,17H,4-12H2,1-3H3. The summed E-state index contributed by atoms with van der Waals surface area (Å²) in [4.78, 5) is 17.0. The molecule has 2 rings (SSSR count). The van der Waals surface area contributed by atoms with Crippen LogP contribution < -0.4 is 5.32 Å². The highest BCUT2D eigenvalue weighted by Crippen LogP contribution is 2.22. The maximum atomic E-state index is 12.5. The van der Waals surface area contributed by atoms with Crippen LogP contribution in [-0.2, 0) is 4.79 Å². The van der Waals surface area contributed by atoms with Crippen LogP contribution in [0.3, 0.4) is 0 Å². The van der Waals surface area contributed by atoms with E-state index in [0.717, 1.165) is 44.9 Å². The second-order valence-corrected chi connectivity index (χ2v) is 6.83. The van der Waals surface area contributed by atoms with Crippen molar-refractivity contribution in [3.8, 4) is 0 Å². The molecule has 0 aromatic carbocycles. The minimum Gasteiger partial charge on any atom is -0.342 e. The van der Waals surface area contributed by atoms with Crippen molar-refractivity contribution < 1.29 is 4.79 Å². The molecule has 0 atom stereocenters. The highest BCUT2D eigenvalue weighted by molar-refractivity contribution is 5.79. The van der Waals surface area contributed by atoms with E-state index in [1.165, 1.54) is 19.4 Å². The maximum absolute atomic E-state index is 12.5. The molecule has 0 aromatic rings. The Labute approximate surface area is 123 Å². The van der Waals surface area contributed by atoms with E-state index in [9.17, 15) is 4.79 Å². The van der Waals surface area contributed by atoms with E-state index in [-0.39, 0.29) is 5.92 Å². The van der Waals surface area contributed by atoms with Gasteiger partial charge in [-0.25, -0.2) is 0 Å². The molecule has 4 heteroatoms. The molecule has 2 aliphatic heterocycles. The highest BCUT2D eigenvalue weighted by atomic mass is 16.2. The predicted molar refractivity (Wildman–Crippen MR) is 82.7 cm³/mol. The van der Waals surface area contributed by atoms with Crippen LogP contribution >= 0.6 is 0 Å². The normalized spacial score (nSPS) is 22.8. The van der Waals surface area contributed by atoms with Crippen LogP contribution in [0.15, 0.2) is 0 Å². The minimum absolute atomic E-state index is 0.283. The fourth-order valence-corrected chi connectivity index (χ4v) is 3.28. The van der Waals surface area contributed by atoms with Crippen molar-refractivity contribution in [3.05, 3.63) is 0 Å². The molecule has 116 valence electrons. The summed E-state index contributed by atoms with van der Waals surface area (Å²) in [6.07, 6.45) is 4.39. The molecule has 20 heavy (non-hydrogen) atoms. The van der Waals surface area contributed by atoms with Crippen LogP contribution in [0.4, 0.5) is 0 Å². The summed E-state index contributed by atoms with van der Waals surface area (Å²) in [5.74, 6) is 1.47. The van der Waals surface area contributed by atoms with Crippen molar-refractivity contribution in [2.45, 2.75) is 45.6 Å². The summed E-state index contributed by atoms with van der Waals surface area (Å²) in [6.45, 7) is 9.62. The molecule has 1 N–H and O–H groups in total. The third kappa shape index (κ3) is 4.19.